The Morgan fingerprint density at radius 2 is 1.62 bits per heavy atom. The third kappa shape index (κ3) is 5.94. The van der Waals surface area contributed by atoms with Gasteiger partial charge in [-0.3, -0.25) is 4.79 Å². The van der Waals surface area contributed by atoms with Crippen molar-refractivity contribution in [2.75, 3.05) is 55.6 Å². The van der Waals surface area contributed by atoms with Crippen molar-refractivity contribution in [3.63, 3.8) is 0 Å². The highest BCUT2D eigenvalue weighted by Gasteiger charge is 2.42. The Kier molecular flexibility index (Phi) is 8.16. The highest BCUT2D eigenvalue weighted by atomic mass is 32.2. The standard InChI is InChI=1S/C32H31F4N5O3S/c1-22-20-24(33)11-12-27(22)41-19-18-40(45(43,44)29-10-4-7-23-6-2-3-8-25(23)29)21-28(41)31(42)39-16-14-38(15-17-39)30-26(32(34,35)36)9-5-13-37-30/h2-13,20,28H,14-19,21H2,1H3. The molecule has 2 fully saturated rings. The summed E-state index contributed by atoms with van der Waals surface area (Å²) in [7, 11) is -4.02. The van der Waals surface area contributed by atoms with Crippen molar-refractivity contribution >= 4 is 38.2 Å². The summed E-state index contributed by atoms with van der Waals surface area (Å²) in [5, 5.41) is 1.34. The molecule has 0 radical (unpaired) electrons. The summed E-state index contributed by atoms with van der Waals surface area (Å²) >= 11 is 0. The quantitative estimate of drug-likeness (QED) is 0.288. The SMILES string of the molecule is Cc1cc(F)ccc1N1CCN(S(=O)(=O)c2cccc3ccccc23)CC1C(=O)N1CCN(c2ncccc2C(F)(F)F)CC1. The monoisotopic (exact) mass is 641 g/mol. The number of amides is 1. The van der Waals surface area contributed by atoms with Crippen molar-refractivity contribution in [3.05, 3.63) is 95.9 Å². The van der Waals surface area contributed by atoms with Gasteiger partial charge in [-0.15, -0.1) is 0 Å². The van der Waals surface area contributed by atoms with Crippen LogP contribution >= 0.6 is 0 Å². The predicted octanol–water partition coefficient (Wildman–Crippen LogP) is 4.93. The van der Waals surface area contributed by atoms with Crippen molar-refractivity contribution in [1.82, 2.24) is 14.2 Å². The second-order valence-corrected chi connectivity index (χ2v) is 13.1. The molecule has 1 atom stereocenters. The average Bonchev–Trinajstić information content (AvgIpc) is 3.03. The number of fused-ring (bicyclic) bond motifs is 1. The smallest absolute Gasteiger partial charge is 0.357 e. The van der Waals surface area contributed by atoms with Crippen LogP contribution in [0.5, 0.6) is 0 Å². The van der Waals surface area contributed by atoms with Crippen molar-refractivity contribution in [3.8, 4) is 0 Å². The van der Waals surface area contributed by atoms with Crippen LogP contribution in [0.2, 0.25) is 0 Å². The number of aryl methyl sites for hydroxylation is 1. The Labute approximate surface area is 258 Å². The molecule has 1 amide bonds. The first kappa shape index (κ1) is 30.8. The van der Waals surface area contributed by atoms with Crippen LogP contribution in [0.1, 0.15) is 11.1 Å². The Bertz CT molecular complexity index is 1840. The summed E-state index contributed by atoms with van der Waals surface area (Å²) < 4.78 is 84.3. The van der Waals surface area contributed by atoms with Gasteiger partial charge in [0.2, 0.25) is 15.9 Å². The van der Waals surface area contributed by atoms with Crippen LogP contribution in [-0.2, 0) is 21.0 Å². The molecule has 0 N–H and O–H groups in total. The number of alkyl halides is 3. The van der Waals surface area contributed by atoms with Crippen LogP contribution < -0.4 is 9.80 Å². The summed E-state index contributed by atoms with van der Waals surface area (Å²) in [6, 6.07) is 17.8. The van der Waals surface area contributed by atoms with E-state index in [0.29, 0.717) is 16.6 Å². The lowest BCUT2D eigenvalue weighted by Crippen LogP contribution is -2.62. The van der Waals surface area contributed by atoms with Crippen molar-refractivity contribution in [2.24, 2.45) is 0 Å². The van der Waals surface area contributed by atoms with E-state index in [1.807, 2.05) is 18.2 Å². The van der Waals surface area contributed by atoms with E-state index in [2.05, 4.69) is 4.98 Å². The minimum absolute atomic E-state index is 0.0970. The number of rotatable bonds is 5. The molecule has 1 unspecified atom stereocenters. The lowest BCUT2D eigenvalue weighted by atomic mass is 10.1. The molecule has 45 heavy (non-hydrogen) atoms. The molecule has 6 rings (SSSR count). The van der Waals surface area contributed by atoms with Crippen molar-refractivity contribution in [1.29, 1.82) is 0 Å². The van der Waals surface area contributed by atoms with E-state index < -0.39 is 33.6 Å². The normalized spacial score (nSPS) is 18.4. The van der Waals surface area contributed by atoms with Gasteiger partial charge in [0, 0.05) is 63.1 Å². The zero-order chi connectivity index (χ0) is 31.9. The highest BCUT2D eigenvalue weighted by Crippen LogP contribution is 2.36. The fourth-order valence-corrected chi connectivity index (χ4v) is 7.85. The zero-order valence-electron chi connectivity index (χ0n) is 24.4. The molecule has 0 saturated carbocycles. The van der Waals surface area contributed by atoms with Gasteiger partial charge in [-0.25, -0.2) is 17.8 Å². The van der Waals surface area contributed by atoms with Gasteiger partial charge in [0.05, 0.1) is 10.5 Å². The Hall–Kier alpha value is -4.23. The van der Waals surface area contributed by atoms with Crippen LogP contribution in [0, 0.1) is 12.7 Å². The summed E-state index contributed by atoms with van der Waals surface area (Å²) in [5.74, 6) is -0.973. The molecule has 3 aromatic carbocycles. The molecule has 0 spiro atoms. The Morgan fingerprint density at radius 3 is 2.36 bits per heavy atom. The average molecular weight is 642 g/mol. The number of aromatic nitrogens is 1. The topological polar surface area (TPSA) is 77.1 Å². The fraction of sp³-hybridized carbons (Fsp3) is 0.312. The van der Waals surface area contributed by atoms with Gasteiger partial charge in [-0.05, 0) is 54.3 Å². The van der Waals surface area contributed by atoms with Gasteiger partial charge >= 0.3 is 6.18 Å². The van der Waals surface area contributed by atoms with E-state index in [4.69, 9.17) is 0 Å². The summed E-state index contributed by atoms with van der Waals surface area (Å²) in [6.07, 6.45) is -3.27. The first-order valence-corrected chi connectivity index (χ1v) is 16.0. The number of hydrogen-bond donors (Lipinski definition) is 0. The van der Waals surface area contributed by atoms with Crippen molar-refractivity contribution < 1.29 is 30.8 Å². The number of sulfonamides is 1. The molecular weight excluding hydrogens is 610 g/mol. The largest absolute Gasteiger partial charge is 0.419 e. The molecule has 0 aliphatic carbocycles. The minimum Gasteiger partial charge on any atom is -0.357 e. The number of carbonyl (C=O) groups is 1. The molecule has 1 aromatic heterocycles. The molecule has 13 heteroatoms. The number of anilines is 2. The lowest BCUT2D eigenvalue weighted by molar-refractivity contribution is -0.138. The first-order chi connectivity index (χ1) is 21.4. The van der Waals surface area contributed by atoms with Crippen LogP contribution in [0.3, 0.4) is 0 Å². The van der Waals surface area contributed by atoms with Gasteiger partial charge in [0.15, 0.2) is 0 Å². The first-order valence-electron chi connectivity index (χ1n) is 14.5. The van der Waals surface area contributed by atoms with Crippen LogP contribution in [0.4, 0.5) is 29.1 Å². The maximum atomic E-state index is 14.2. The maximum Gasteiger partial charge on any atom is 0.419 e. The van der Waals surface area contributed by atoms with E-state index in [1.165, 1.54) is 33.6 Å². The van der Waals surface area contributed by atoms with Gasteiger partial charge in [0.1, 0.15) is 17.7 Å². The molecule has 2 aliphatic heterocycles. The molecule has 0 bridgehead atoms. The molecule has 2 saturated heterocycles. The number of pyridine rings is 1. The van der Waals surface area contributed by atoms with E-state index >= 15 is 0 Å². The van der Waals surface area contributed by atoms with E-state index in [-0.39, 0.29) is 62.4 Å². The molecule has 236 valence electrons. The maximum absolute atomic E-state index is 14.2. The van der Waals surface area contributed by atoms with Gasteiger partial charge in [-0.2, -0.15) is 17.5 Å². The minimum atomic E-state index is -4.58. The van der Waals surface area contributed by atoms with Crippen LogP contribution in [-0.4, -0.2) is 80.4 Å². The zero-order valence-corrected chi connectivity index (χ0v) is 25.2. The van der Waals surface area contributed by atoms with E-state index in [9.17, 15) is 30.8 Å². The third-order valence-corrected chi connectivity index (χ3v) is 10.4. The lowest BCUT2D eigenvalue weighted by Gasteiger charge is -2.45. The molecule has 4 aromatic rings. The molecule has 8 nitrogen and oxygen atoms in total. The fourth-order valence-electron chi connectivity index (χ4n) is 6.20. The number of piperazine rings is 2. The Morgan fingerprint density at radius 1 is 0.889 bits per heavy atom. The predicted molar refractivity (Wildman–Crippen MR) is 163 cm³/mol. The Balaban J connectivity index is 1.28. The third-order valence-electron chi connectivity index (χ3n) is 8.45. The molecule has 2 aliphatic rings. The second kappa shape index (κ2) is 11.9. The van der Waals surface area contributed by atoms with Gasteiger partial charge in [0.25, 0.3) is 0 Å². The van der Waals surface area contributed by atoms with Crippen LogP contribution in [0.25, 0.3) is 10.8 Å². The number of hydrogen-bond acceptors (Lipinski definition) is 6. The van der Waals surface area contributed by atoms with Crippen LogP contribution in [0.15, 0.2) is 83.9 Å². The van der Waals surface area contributed by atoms with Crippen molar-refractivity contribution in [2.45, 2.75) is 24.0 Å². The summed E-state index contributed by atoms with van der Waals surface area (Å²) in [5.41, 5.74) is 0.362. The molecule has 3 heterocycles. The number of carbonyl (C=O) groups excluding carboxylic acids is 1. The number of halogens is 4. The van der Waals surface area contributed by atoms with Gasteiger partial charge in [-0.1, -0.05) is 36.4 Å². The highest BCUT2D eigenvalue weighted by molar-refractivity contribution is 7.89. The molecular formula is C32H31F4N5O3S. The van der Waals surface area contributed by atoms with E-state index in [1.54, 1.807) is 47.1 Å². The number of nitrogens with zero attached hydrogens (tertiary/aromatic N) is 5. The number of benzene rings is 3. The second-order valence-electron chi connectivity index (χ2n) is 11.2. The summed E-state index contributed by atoms with van der Waals surface area (Å²) in [4.78, 5) is 23.2. The van der Waals surface area contributed by atoms with Gasteiger partial charge < -0.3 is 14.7 Å². The summed E-state index contributed by atoms with van der Waals surface area (Å²) in [6.45, 7) is 2.32. The van der Waals surface area contributed by atoms with E-state index in [0.717, 1.165) is 11.5 Å².